The van der Waals surface area contributed by atoms with E-state index in [-0.39, 0.29) is 11.7 Å². The summed E-state index contributed by atoms with van der Waals surface area (Å²) in [5.41, 5.74) is 6.53. The van der Waals surface area contributed by atoms with Crippen molar-refractivity contribution in [2.24, 2.45) is 11.3 Å². The van der Waals surface area contributed by atoms with E-state index >= 15 is 0 Å². The maximum atomic E-state index is 13.1. The normalized spacial score (nSPS) is 19.7. The fraction of sp³-hybridized carbons (Fsp3) is 0.556. The molecule has 0 aliphatic heterocycles. The second kappa shape index (κ2) is 9.22. The molecule has 2 aliphatic carbocycles. The molecular weight excluding hydrogens is 434 g/mol. The lowest BCUT2D eigenvalue weighted by atomic mass is 9.93. The van der Waals surface area contributed by atoms with Crippen LogP contribution in [0.4, 0.5) is 0 Å². The molecule has 1 heterocycles. The molecule has 5 nitrogen and oxygen atoms in total. The Hall–Kier alpha value is -2.18. The summed E-state index contributed by atoms with van der Waals surface area (Å²) in [4.78, 5) is 26.5. The number of carbonyl (C=O) groups is 2. The number of Topliss-reactive ketones (excluding diaryl/α,β-unsaturated/α-hetero) is 1. The molecule has 1 amide bonds. The lowest BCUT2D eigenvalue weighted by Crippen LogP contribution is -2.28. The van der Waals surface area contributed by atoms with Gasteiger partial charge in [-0.1, -0.05) is 26.0 Å². The zero-order valence-corrected chi connectivity index (χ0v) is 21.2. The Bertz CT molecular complexity index is 1060. The van der Waals surface area contributed by atoms with E-state index in [4.69, 9.17) is 9.84 Å². The number of rotatable bonds is 10. The van der Waals surface area contributed by atoms with Gasteiger partial charge < -0.3 is 15.2 Å². The van der Waals surface area contributed by atoms with Crippen molar-refractivity contribution >= 4 is 23.0 Å². The zero-order valence-electron chi connectivity index (χ0n) is 20.3. The standard InChI is InChI=1S/C27H35NO4S/c1-15-11-18(12-16(2)25(15)32-10-6-9-28-22(31)14-29)7-8-21(30)26-19-13-20-24(27(20,4)5)23(19)17(3)33-26/h11-12,20,24,29H,6-10,13-14H2,1-5H3,(H,28,31)/t20-,24?/m1/s1. The van der Waals surface area contributed by atoms with Gasteiger partial charge in [-0.05, 0) is 85.1 Å². The van der Waals surface area contributed by atoms with Crippen LogP contribution in [0.3, 0.4) is 0 Å². The molecule has 1 aromatic carbocycles. The minimum atomic E-state index is -0.489. The highest BCUT2D eigenvalue weighted by Crippen LogP contribution is 2.71. The number of amides is 1. The van der Waals surface area contributed by atoms with Crippen molar-refractivity contribution in [2.45, 2.75) is 66.2 Å². The van der Waals surface area contributed by atoms with E-state index in [1.54, 1.807) is 11.3 Å². The largest absolute Gasteiger partial charge is 0.493 e. The van der Waals surface area contributed by atoms with Crippen molar-refractivity contribution < 1.29 is 19.4 Å². The molecule has 1 unspecified atom stereocenters. The van der Waals surface area contributed by atoms with E-state index < -0.39 is 6.61 Å². The summed E-state index contributed by atoms with van der Waals surface area (Å²) >= 11 is 1.71. The summed E-state index contributed by atoms with van der Waals surface area (Å²) < 4.78 is 5.94. The van der Waals surface area contributed by atoms with Crippen LogP contribution < -0.4 is 10.1 Å². The molecule has 2 aliphatic rings. The number of carbonyl (C=O) groups excluding carboxylic acids is 2. The molecule has 6 heteroatoms. The van der Waals surface area contributed by atoms with Gasteiger partial charge in [0.1, 0.15) is 12.4 Å². The van der Waals surface area contributed by atoms with Gasteiger partial charge in [0.15, 0.2) is 5.78 Å². The Morgan fingerprint density at radius 3 is 2.58 bits per heavy atom. The molecule has 0 bridgehead atoms. The zero-order chi connectivity index (χ0) is 23.9. The van der Waals surface area contributed by atoms with Crippen molar-refractivity contribution in [3.63, 3.8) is 0 Å². The summed E-state index contributed by atoms with van der Waals surface area (Å²) in [6, 6.07) is 4.23. The molecule has 1 saturated carbocycles. The van der Waals surface area contributed by atoms with Gasteiger partial charge in [0.05, 0.1) is 11.5 Å². The smallest absolute Gasteiger partial charge is 0.245 e. The predicted octanol–water partition coefficient (Wildman–Crippen LogP) is 4.66. The van der Waals surface area contributed by atoms with Gasteiger partial charge in [0.2, 0.25) is 5.91 Å². The van der Waals surface area contributed by atoms with Gasteiger partial charge >= 0.3 is 0 Å². The third-order valence-electron chi connectivity index (χ3n) is 7.47. The summed E-state index contributed by atoms with van der Waals surface area (Å²) in [5, 5.41) is 11.3. The molecule has 0 spiro atoms. The number of hydrogen-bond acceptors (Lipinski definition) is 5. The molecule has 1 fully saturated rings. The van der Waals surface area contributed by atoms with Crippen molar-refractivity contribution in [1.29, 1.82) is 0 Å². The van der Waals surface area contributed by atoms with Gasteiger partial charge in [-0.25, -0.2) is 0 Å². The number of aliphatic hydroxyl groups excluding tert-OH is 1. The maximum absolute atomic E-state index is 13.1. The van der Waals surface area contributed by atoms with Crippen LogP contribution in [-0.4, -0.2) is 36.6 Å². The molecule has 0 radical (unpaired) electrons. The van der Waals surface area contributed by atoms with Crippen LogP contribution in [-0.2, 0) is 17.6 Å². The van der Waals surface area contributed by atoms with Gasteiger partial charge in [0.25, 0.3) is 0 Å². The number of benzene rings is 1. The molecule has 33 heavy (non-hydrogen) atoms. The van der Waals surface area contributed by atoms with E-state index in [2.05, 4.69) is 38.2 Å². The van der Waals surface area contributed by atoms with E-state index in [1.165, 1.54) is 16.0 Å². The molecule has 0 saturated heterocycles. The lowest BCUT2D eigenvalue weighted by molar-refractivity contribution is -0.123. The molecule has 2 atom stereocenters. The second-order valence-corrected chi connectivity index (χ2v) is 11.4. The van der Waals surface area contributed by atoms with Crippen LogP contribution in [0.25, 0.3) is 0 Å². The SMILES string of the molecule is Cc1cc(CCC(=O)c2sc(C)c3c2C[C@@H]2C3C2(C)C)cc(C)c1OCCCNC(=O)CO. The fourth-order valence-electron chi connectivity index (χ4n) is 5.67. The van der Waals surface area contributed by atoms with Crippen molar-refractivity contribution in [1.82, 2.24) is 5.32 Å². The Balaban J connectivity index is 1.33. The number of hydrogen-bond donors (Lipinski definition) is 2. The van der Waals surface area contributed by atoms with Gasteiger partial charge in [0, 0.05) is 17.8 Å². The minimum Gasteiger partial charge on any atom is -0.493 e. The Morgan fingerprint density at radius 2 is 1.91 bits per heavy atom. The Morgan fingerprint density at radius 1 is 1.21 bits per heavy atom. The predicted molar refractivity (Wildman–Crippen MR) is 132 cm³/mol. The molecule has 2 N–H and O–H groups in total. The van der Waals surface area contributed by atoms with E-state index in [1.807, 2.05) is 13.8 Å². The Labute approximate surface area is 200 Å². The average molecular weight is 470 g/mol. The number of fused-ring (bicyclic) bond motifs is 3. The summed E-state index contributed by atoms with van der Waals surface area (Å²) in [7, 11) is 0. The highest BCUT2D eigenvalue weighted by molar-refractivity contribution is 7.14. The highest BCUT2D eigenvalue weighted by Gasteiger charge is 2.63. The first-order valence-electron chi connectivity index (χ1n) is 11.9. The molecule has 2 aromatic rings. The number of thiophene rings is 1. The molecule has 178 valence electrons. The molecule has 1 aromatic heterocycles. The molecular formula is C27H35NO4S. The van der Waals surface area contributed by atoms with Crippen LogP contribution in [0.5, 0.6) is 5.75 Å². The Kier molecular flexibility index (Phi) is 6.70. The third-order valence-corrected chi connectivity index (χ3v) is 8.67. The number of ketones is 1. The number of aryl methyl sites for hydroxylation is 4. The number of nitrogens with one attached hydrogen (secondary N) is 1. The lowest BCUT2D eigenvalue weighted by Gasteiger charge is -2.14. The van der Waals surface area contributed by atoms with Crippen molar-refractivity contribution in [3.8, 4) is 5.75 Å². The summed E-state index contributed by atoms with van der Waals surface area (Å²) in [5.74, 6) is 2.17. The van der Waals surface area contributed by atoms with Crippen LogP contribution >= 0.6 is 11.3 Å². The summed E-state index contributed by atoms with van der Waals surface area (Å²) in [6.07, 6.45) is 3.02. The first kappa shape index (κ1) is 24.0. The second-order valence-electron chi connectivity index (χ2n) is 10.2. The molecule has 4 rings (SSSR count). The van der Waals surface area contributed by atoms with E-state index in [0.717, 1.165) is 46.1 Å². The number of ether oxygens (including phenoxy) is 1. The maximum Gasteiger partial charge on any atom is 0.245 e. The van der Waals surface area contributed by atoms with E-state index in [0.29, 0.717) is 37.3 Å². The minimum absolute atomic E-state index is 0.281. The van der Waals surface area contributed by atoms with Gasteiger partial charge in [-0.15, -0.1) is 11.3 Å². The van der Waals surface area contributed by atoms with Crippen LogP contribution in [0.15, 0.2) is 12.1 Å². The van der Waals surface area contributed by atoms with Crippen molar-refractivity contribution in [3.05, 3.63) is 49.7 Å². The quantitative estimate of drug-likeness (QED) is 0.392. The highest BCUT2D eigenvalue weighted by atomic mass is 32.1. The van der Waals surface area contributed by atoms with Crippen LogP contribution in [0, 0.1) is 32.1 Å². The van der Waals surface area contributed by atoms with Gasteiger partial charge in [-0.2, -0.15) is 0 Å². The number of aliphatic hydroxyl groups is 1. The first-order valence-corrected chi connectivity index (χ1v) is 12.7. The van der Waals surface area contributed by atoms with Crippen LogP contribution in [0.1, 0.15) is 75.0 Å². The topological polar surface area (TPSA) is 75.6 Å². The average Bonchev–Trinajstić information content (AvgIpc) is 3.09. The van der Waals surface area contributed by atoms with Gasteiger partial charge in [-0.3, -0.25) is 9.59 Å². The third kappa shape index (κ3) is 4.60. The van der Waals surface area contributed by atoms with Crippen molar-refractivity contribution in [2.75, 3.05) is 19.8 Å². The summed E-state index contributed by atoms with van der Waals surface area (Å²) in [6.45, 7) is 11.4. The van der Waals surface area contributed by atoms with Crippen LogP contribution in [0.2, 0.25) is 0 Å². The van der Waals surface area contributed by atoms with E-state index in [9.17, 15) is 9.59 Å². The monoisotopic (exact) mass is 469 g/mol. The first-order chi connectivity index (χ1) is 15.6. The fourth-order valence-corrected chi connectivity index (χ4v) is 6.87.